The zero-order valence-electron chi connectivity index (χ0n) is 12.9. The number of aryl methyl sites for hydroxylation is 1. The van der Waals surface area contributed by atoms with Gasteiger partial charge in [0.25, 0.3) is 0 Å². The number of nitrogens with one attached hydrogen (secondary N) is 1. The summed E-state index contributed by atoms with van der Waals surface area (Å²) >= 11 is 0. The number of aromatic nitrogens is 2. The second kappa shape index (κ2) is 6.22. The fraction of sp³-hybridized carbons (Fsp3) is 0.500. The molecule has 1 fully saturated rings. The molecule has 0 aliphatic heterocycles. The maximum absolute atomic E-state index is 14.6. The average Bonchev–Trinajstić information content (AvgIpc) is 2.53. The summed E-state index contributed by atoms with van der Waals surface area (Å²) in [7, 11) is 0. The Hall–Kier alpha value is -2.05. The summed E-state index contributed by atoms with van der Waals surface area (Å²) in [6.45, 7) is 1.93. The molecule has 0 bridgehead atoms. The second-order valence-corrected chi connectivity index (χ2v) is 6.08. The lowest BCUT2D eigenvalue weighted by atomic mass is 9.89. The van der Waals surface area contributed by atoms with Gasteiger partial charge in [0.05, 0.1) is 5.39 Å². The van der Waals surface area contributed by atoms with Gasteiger partial charge in [-0.1, -0.05) is 19.3 Å². The number of rotatable bonds is 3. The van der Waals surface area contributed by atoms with Crippen LogP contribution in [-0.4, -0.2) is 16.5 Å². The first kappa shape index (κ1) is 15.8. The molecule has 1 saturated carbocycles. The molecule has 7 heteroatoms. The summed E-state index contributed by atoms with van der Waals surface area (Å²) in [6, 6.07) is 0. The molecule has 1 aromatic carbocycles. The van der Waals surface area contributed by atoms with Crippen molar-refractivity contribution in [2.45, 2.75) is 39.0 Å². The molecule has 0 saturated heterocycles. The van der Waals surface area contributed by atoms with E-state index < -0.39 is 28.5 Å². The second-order valence-electron chi connectivity index (χ2n) is 6.08. The summed E-state index contributed by atoms with van der Waals surface area (Å²) in [5.74, 6) is -3.12. The molecular weight excluding hydrogens is 305 g/mol. The Bertz CT molecular complexity index is 742. The van der Waals surface area contributed by atoms with Gasteiger partial charge in [-0.05, 0) is 25.7 Å². The number of nitrogens with zero attached hydrogens (tertiary/aromatic N) is 2. The van der Waals surface area contributed by atoms with Crippen LogP contribution in [0, 0.1) is 30.3 Å². The third-order valence-electron chi connectivity index (χ3n) is 4.40. The van der Waals surface area contributed by atoms with Crippen molar-refractivity contribution in [1.82, 2.24) is 9.97 Å². The number of hydrogen-bond donors (Lipinski definition) is 2. The van der Waals surface area contributed by atoms with Crippen molar-refractivity contribution >= 4 is 22.4 Å². The maximum Gasteiger partial charge on any atom is 0.185 e. The van der Waals surface area contributed by atoms with Crippen LogP contribution in [0.1, 0.15) is 37.9 Å². The van der Waals surface area contributed by atoms with E-state index in [1.165, 1.54) is 13.3 Å². The summed E-state index contributed by atoms with van der Waals surface area (Å²) in [5, 5.41) is 2.32. The highest BCUT2D eigenvalue weighted by molar-refractivity contribution is 5.91. The molecule has 0 spiro atoms. The minimum absolute atomic E-state index is 0.207. The molecule has 0 amide bonds. The molecule has 3 N–H and O–H groups in total. The Labute approximate surface area is 132 Å². The Morgan fingerprint density at radius 1 is 1.04 bits per heavy atom. The predicted octanol–water partition coefficient (Wildman–Crippen LogP) is 3.93. The quantitative estimate of drug-likeness (QED) is 0.840. The third-order valence-corrected chi connectivity index (χ3v) is 4.40. The highest BCUT2D eigenvalue weighted by atomic mass is 19.2. The topological polar surface area (TPSA) is 63.8 Å². The van der Waals surface area contributed by atoms with Crippen molar-refractivity contribution in [1.29, 1.82) is 0 Å². The lowest BCUT2D eigenvalue weighted by molar-refractivity contribution is 0.372. The van der Waals surface area contributed by atoms with Crippen LogP contribution in [0.25, 0.3) is 10.9 Å². The first-order chi connectivity index (χ1) is 11.0. The SMILES string of the molecule is Cc1nc(N)c2c(F)c(F)c(NCC3CCCCC3)c(F)c2n1. The first-order valence-corrected chi connectivity index (χ1v) is 7.83. The predicted molar refractivity (Wildman–Crippen MR) is 83.6 cm³/mol. The summed E-state index contributed by atoms with van der Waals surface area (Å²) < 4.78 is 43.1. The van der Waals surface area contributed by atoms with Gasteiger partial charge < -0.3 is 11.1 Å². The van der Waals surface area contributed by atoms with E-state index in [-0.39, 0.29) is 17.2 Å². The molecule has 0 atom stereocenters. The van der Waals surface area contributed by atoms with Crippen molar-refractivity contribution in [2.75, 3.05) is 17.6 Å². The van der Waals surface area contributed by atoms with Crippen LogP contribution < -0.4 is 11.1 Å². The van der Waals surface area contributed by atoms with Crippen LogP contribution in [-0.2, 0) is 0 Å². The van der Waals surface area contributed by atoms with Crippen LogP contribution in [0.2, 0.25) is 0 Å². The molecule has 1 aliphatic rings. The monoisotopic (exact) mass is 324 g/mol. The van der Waals surface area contributed by atoms with E-state index in [4.69, 9.17) is 5.73 Å². The van der Waals surface area contributed by atoms with Gasteiger partial charge in [-0.2, -0.15) is 0 Å². The van der Waals surface area contributed by atoms with Crippen molar-refractivity contribution in [2.24, 2.45) is 5.92 Å². The lowest BCUT2D eigenvalue weighted by Crippen LogP contribution is -2.19. The normalized spacial score (nSPS) is 16.0. The van der Waals surface area contributed by atoms with Gasteiger partial charge in [-0.25, -0.2) is 23.1 Å². The highest BCUT2D eigenvalue weighted by Gasteiger charge is 2.24. The molecule has 0 radical (unpaired) electrons. The fourth-order valence-electron chi connectivity index (χ4n) is 3.20. The van der Waals surface area contributed by atoms with E-state index in [0.717, 1.165) is 25.7 Å². The van der Waals surface area contributed by atoms with E-state index >= 15 is 0 Å². The molecule has 0 unspecified atom stereocenters. The van der Waals surface area contributed by atoms with Gasteiger partial charge in [-0.3, -0.25) is 0 Å². The number of fused-ring (bicyclic) bond motifs is 1. The Morgan fingerprint density at radius 2 is 1.74 bits per heavy atom. The minimum atomic E-state index is -1.27. The molecule has 2 aromatic rings. The molecular formula is C16H19F3N4. The van der Waals surface area contributed by atoms with E-state index in [1.54, 1.807) is 0 Å². The lowest BCUT2D eigenvalue weighted by Gasteiger charge is -2.22. The Balaban J connectivity index is 1.99. The third kappa shape index (κ3) is 2.92. The number of anilines is 2. The first-order valence-electron chi connectivity index (χ1n) is 7.83. The van der Waals surface area contributed by atoms with Crippen LogP contribution in [0.4, 0.5) is 24.7 Å². The number of nitrogen functional groups attached to an aromatic ring is 1. The standard InChI is InChI=1S/C16H19F3N4/c1-8-22-14-10(16(20)23-8)11(17)12(18)15(13(14)19)21-7-9-5-3-2-4-6-9/h9,21H,2-7H2,1H3,(H2,20,22,23). The Morgan fingerprint density at radius 3 is 2.43 bits per heavy atom. The van der Waals surface area contributed by atoms with Gasteiger partial charge >= 0.3 is 0 Å². The zero-order chi connectivity index (χ0) is 16.6. The molecule has 1 aliphatic carbocycles. The van der Waals surface area contributed by atoms with Crippen LogP contribution in [0.5, 0.6) is 0 Å². The minimum Gasteiger partial charge on any atom is -0.383 e. The van der Waals surface area contributed by atoms with Gasteiger partial charge in [0.1, 0.15) is 22.8 Å². The highest BCUT2D eigenvalue weighted by Crippen LogP contribution is 2.33. The van der Waals surface area contributed by atoms with Crippen molar-refractivity contribution in [3.63, 3.8) is 0 Å². The van der Waals surface area contributed by atoms with Gasteiger partial charge in [0, 0.05) is 6.54 Å². The van der Waals surface area contributed by atoms with Crippen molar-refractivity contribution < 1.29 is 13.2 Å². The van der Waals surface area contributed by atoms with Gasteiger partial charge in [0.15, 0.2) is 17.5 Å². The van der Waals surface area contributed by atoms with Crippen LogP contribution in [0.15, 0.2) is 0 Å². The molecule has 23 heavy (non-hydrogen) atoms. The van der Waals surface area contributed by atoms with Crippen molar-refractivity contribution in [3.05, 3.63) is 23.3 Å². The van der Waals surface area contributed by atoms with Crippen molar-refractivity contribution in [3.8, 4) is 0 Å². The molecule has 3 rings (SSSR count). The molecule has 1 heterocycles. The van der Waals surface area contributed by atoms with Gasteiger partial charge in [-0.15, -0.1) is 0 Å². The number of nitrogens with two attached hydrogens (primary N) is 1. The molecule has 1 aromatic heterocycles. The van der Waals surface area contributed by atoms with E-state index in [1.807, 2.05) is 0 Å². The summed E-state index contributed by atoms with van der Waals surface area (Å²) in [4.78, 5) is 7.65. The Kier molecular flexibility index (Phi) is 4.28. The molecule has 124 valence electrons. The number of halogens is 3. The van der Waals surface area contributed by atoms with E-state index in [9.17, 15) is 13.2 Å². The zero-order valence-corrected chi connectivity index (χ0v) is 12.9. The van der Waals surface area contributed by atoms with Crippen LogP contribution >= 0.6 is 0 Å². The molecule has 4 nitrogen and oxygen atoms in total. The number of hydrogen-bond acceptors (Lipinski definition) is 4. The van der Waals surface area contributed by atoms with E-state index in [2.05, 4.69) is 15.3 Å². The largest absolute Gasteiger partial charge is 0.383 e. The summed E-state index contributed by atoms with van der Waals surface area (Å²) in [5.41, 5.74) is 4.83. The summed E-state index contributed by atoms with van der Waals surface area (Å²) in [6.07, 6.45) is 5.46. The van der Waals surface area contributed by atoms with Crippen LogP contribution in [0.3, 0.4) is 0 Å². The van der Waals surface area contributed by atoms with E-state index in [0.29, 0.717) is 12.5 Å². The fourth-order valence-corrected chi connectivity index (χ4v) is 3.20. The number of benzene rings is 1. The van der Waals surface area contributed by atoms with Gasteiger partial charge in [0.2, 0.25) is 0 Å². The maximum atomic E-state index is 14.6. The smallest absolute Gasteiger partial charge is 0.185 e. The average molecular weight is 324 g/mol.